The second kappa shape index (κ2) is 5.53. The molecule has 2 aliphatic rings. The Hall–Kier alpha value is -1.04. The lowest BCUT2D eigenvalue weighted by Crippen LogP contribution is -2.58. The maximum atomic E-state index is 11.7. The number of amides is 1. The molecular weight excluding hydrogens is 258 g/mol. The Morgan fingerprint density at radius 3 is 3.11 bits per heavy atom. The van der Waals surface area contributed by atoms with E-state index in [1.807, 2.05) is 11.8 Å². The third-order valence-electron chi connectivity index (χ3n) is 3.94. The second-order valence-electron chi connectivity index (χ2n) is 5.05. The molecule has 0 saturated carbocycles. The van der Waals surface area contributed by atoms with Crippen molar-refractivity contribution in [3.63, 3.8) is 0 Å². The predicted molar refractivity (Wildman–Crippen MR) is 77.1 cm³/mol. The summed E-state index contributed by atoms with van der Waals surface area (Å²) in [5.74, 6) is 0.889. The lowest BCUT2D eigenvalue weighted by atomic mass is 9.98. The first kappa shape index (κ1) is 13.0. The summed E-state index contributed by atoms with van der Waals surface area (Å²) in [4.78, 5) is 15.3. The maximum Gasteiger partial charge on any atom is 0.236 e. The van der Waals surface area contributed by atoms with Crippen molar-refractivity contribution in [2.24, 2.45) is 5.73 Å². The van der Waals surface area contributed by atoms with Crippen molar-refractivity contribution in [2.75, 3.05) is 25.4 Å². The van der Waals surface area contributed by atoms with Gasteiger partial charge in [-0.1, -0.05) is 18.2 Å². The Balaban J connectivity index is 1.91. The van der Waals surface area contributed by atoms with Crippen molar-refractivity contribution >= 4 is 17.7 Å². The fourth-order valence-electron chi connectivity index (χ4n) is 3.02. The summed E-state index contributed by atoms with van der Waals surface area (Å²) in [5.41, 5.74) is 6.91. The first-order chi connectivity index (χ1) is 9.27. The fourth-order valence-corrected chi connectivity index (χ4v) is 4.13. The number of nitrogens with zero attached hydrogens (tertiary/aromatic N) is 1. The van der Waals surface area contributed by atoms with Crippen LogP contribution in [0, 0.1) is 0 Å². The topological polar surface area (TPSA) is 58.4 Å². The van der Waals surface area contributed by atoms with E-state index < -0.39 is 0 Å². The minimum atomic E-state index is -0.220. The molecule has 0 aromatic heterocycles. The molecule has 1 aromatic rings. The highest BCUT2D eigenvalue weighted by atomic mass is 32.2. The number of nitrogens with two attached hydrogens (primary N) is 1. The Bertz CT molecular complexity index is 480. The van der Waals surface area contributed by atoms with Gasteiger partial charge in [0, 0.05) is 30.6 Å². The number of thioether (sulfide) groups is 1. The van der Waals surface area contributed by atoms with E-state index in [4.69, 9.17) is 5.73 Å². The molecule has 19 heavy (non-hydrogen) atoms. The Kier molecular flexibility index (Phi) is 3.77. The molecule has 0 radical (unpaired) electrons. The van der Waals surface area contributed by atoms with E-state index in [0.717, 1.165) is 25.3 Å². The third-order valence-corrected chi connectivity index (χ3v) is 5.06. The summed E-state index contributed by atoms with van der Waals surface area (Å²) in [5, 5.41) is 3.26. The zero-order chi connectivity index (χ0) is 13.2. The number of benzene rings is 1. The largest absolute Gasteiger partial charge is 0.368 e. The molecule has 3 rings (SSSR count). The van der Waals surface area contributed by atoms with Gasteiger partial charge in [-0.15, -0.1) is 11.8 Å². The van der Waals surface area contributed by atoms with Crippen LogP contribution in [0.3, 0.4) is 0 Å². The summed E-state index contributed by atoms with van der Waals surface area (Å²) < 4.78 is 0. The summed E-state index contributed by atoms with van der Waals surface area (Å²) in [6.07, 6.45) is 1.09. The minimum Gasteiger partial charge on any atom is -0.368 e. The smallest absolute Gasteiger partial charge is 0.236 e. The van der Waals surface area contributed by atoms with Gasteiger partial charge in [-0.3, -0.25) is 9.69 Å². The predicted octanol–water partition coefficient (Wildman–Crippen LogP) is 0.983. The Labute approximate surface area is 117 Å². The van der Waals surface area contributed by atoms with E-state index in [9.17, 15) is 4.79 Å². The molecule has 2 unspecified atom stereocenters. The average molecular weight is 277 g/mol. The molecule has 0 bridgehead atoms. The first-order valence-corrected chi connectivity index (χ1v) is 7.73. The van der Waals surface area contributed by atoms with E-state index in [-0.39, 0.29) is 11.9 Å². The van der Waals surface area contributed by atoms with Crippen LogP contribution in [0.25, 0.3) is 0 Å². The van der Waals surface area contributed by atoms with E-state index in [0.29, 0.717) is 12.6 Å². The van der Waals surface area contributed by atoms with Crippen LogP contribution >= 0.6 is 11.8 Å². The molecule has 2 aliphatic heterocycles. The summed E-state index contributed by atoms with van der Waals surface area (Å²) >= 11 is 1.91. The van der Waals surface area contributed by atoms with Crippen LogP contribution in [0.5, 0.6) is 0 Å². The van der Waals surface area contributed by atoms with Gasteiger partial charge in [0.1, 0.15) is 6.04 Å². The van der Waals surface area contributed by atoms with Gasteiger partial charge in [0.05, 0.1) is 0 Å². The highest BCUT2D eigenvalue weighted by molar-refractivity contribution is 7.99. The van der Waals surface area contributed by atoms with Gasteiger partial charge in [0.15, 0.2) is 0 Å². The number of piperazine rings is 1. The van der Waals surface area contributed by atoms with Crippen molar-refractivity contribution in [1.82, 2.24) is 10.2 Å². The van der Waals surface area contributed by atoms with Gasteiger partial charge in [0.2, 0.25) is 5.91 Å². The van der Waals surface area contributed by atoms with Crippen LogP contribution in [-0.2, 0) is 4.79 Å². The number of primary amides is 1. The highest BCUT2D eigenvalue weighted by Gasteiger charge is 2.35. The molecule has 1 fully saturated rings. The van der Waals surface area contributed by atoms with Gasteiger partial charge in [-0.25, -0.2) is 0 Å². The third kappa shape index (κ3) is 2.50. The standard InChI is InChI=1S/C14H19N3OS/c15-14(18)12-9-16-6-7-17(12)11-5-8-19-13-4-2-1-3-10(11)13/h1-4,11-12,16H,5-9H2,(H2,15,18). The number of rotatable bonds is 2. The lowest BCUT2D eigenvalue weighted by Gasteiger charge is -2.42. The van der Waals surface area contributed by atoms with Crippen LogP contribution in [0.2, 0.25) is 0 Å². The van der Waals surface area contributed by atoms with Gasteiger partial charge >= 0.3 is 0 Å². The number of carbonyl (C=O) groups excluding carboxylic acids is 1. The van der Waals surface area contributed by atoms with Gasteiger partial charge < -0.3 is 11.1 Å². The van der Waals surface area contributed by atoms with E-state index >= 15 is 0 Å². The monoisotopic (exact) mass is 277 g/mol. The zero-order valence-electron chi connectivity index (χ0n) is 10.8. The van der Waals surface area contributed by atoms with Crippen molar-refractivity contribution < 1.29 is 4.79 Å². The quantitative estimate of drug-likeness (QED) is 0.846. The normalized spacial score (nSPS) is 27.8. The van der Waals surface area contributed by atoms with Gasteiger partial charge in [-0.2, -0.15) is 0 Å². The number of nitrogens with one attached hydrogen (secondary N) is 1. The minimum absolute atomic E-state index is 0.185. The number of hydrogen-bond acceptors (Lipinski definition) is 4. The molecule has 0 spiro atoms. The van der Waals surface area contributed by atoms with E-state index in [2.05, 4.69) is 34.5 Å². The number of fused-ring (bicyclic) bond motifs is 1. The van der Waals surface area contributed by atoms with Crippen LogP contribution in [0.4, 0.5) is 0 Å². The van der Waals surface area contributed by atoms with Gasteiger partial charge in [0.25, 0.3) is 0 Å². The van der Waals surface area contributed by atoms with Crippen molar-refractivity contribution in [3.05, 3.63) is 29.8 Å². The van der Waals surface area contributed by atoms with Crippen molar-refractivity contribution in [3.8, 4) is 0 Å². The molecular formula is C14H19N3OS. The van der Waals surface area contributed by atoms with E-state index in [1.165, 1.54) is 10.5 Å². The molecule has 1 aromatic carbocycles. The molecule has 0 aliphatic carbocycles. The molecule has 5 heteroatoms. The molecule has 2 heterocycles. The molecule has 4 nitrogen and oxygen atoms in total. The highest BCUT2D eigenvalue weighted by Crippen LogP contribution is 2.40. The summed E-state index contributed by atoms with van der Waals surface area (Å²) in [7, 11) is 0. The SMILES string of the molecule is NC(=O)C1CNCCN1C1CCSc2ccccc21. The molecule has 1 saturated heterocycles. The Morgan fingerprint density at radius 1 is 1.42 bits per heavy atom. The van der Waals surface area contributed by atoms with Crippen LogP contribution in [0.15, 0.2) is 29.2 Å². The maximum absolute atomic E-state index is 11.7. The van der Waals surface area contributed by atoms with Crippen molar-refractivity contribution in [1.29, 1.82) is 0 Å². The second-order valence-corrected chi connectivity index (χ2v) is 6.19. The Morgan fingerprint density at radius 2 is 2.26 bits per heavy atom. The van der Waals surface area contributed by atoms with Crippen LogP contribution in [0.1, 0.15) is 18.0 Å². The van der Waals surface area contributed by atoms with E-state index in [1.54, 1.807) is 0 Å². The average Bonchev–Trinajstić information content (AvgIpc) is 2.46. The molecule has 102 valence electrons. The molecule has 2 atom stereocenters. The van der Waals surface area contributed by atoms with Crippen LogP contribution < -0.4 is 11.1 Å². The van der Waals surface area contributed by atoms with Gasteiger partial charge in [-0.05, 0) is 23.8 Å². The molecule has 3 N–H and O–H groups in total. The van der Waals surface area contributed by atoms with Crippen LogP contribution in [-0.4, -0.2) is 42.2 Å². The molecule has 1 amide bonds. The van der Waals surface area contributed by atoms with Crippen molar-refractivity contribution in [2.45, 2.75) is 23.4 Å². The number of hydrogen-bond donors (Lipinski definition) is 2. The number of carbonyl (C=O) groups is 1. The zero-order valence-corrected chi connectivity index (χ0v) is 11.7. The fraction of sp³-hybridized carbons (Fsp3) is 0.500. The lowest BCUT2D eigenvalue weighted by molar-refractivity contribution is -0.125. The summed E-state index contributed by atoms with van der Waals surface area (Å²) in [6.45, 7) is 2.48. The summed E-state index contributed by atoms with van der Waals surface area (Å²) in [6, 6.07) is 8.67. The first-order valence-electron chi connectivity index (χ1n) is 6.75.